The molecule has 122 valence electrons. The van der Waals surface area contributed by atoms with Crippen LogP contribution >= 0.6 is 0 Å². The molecule has 0 aliphatic heterocycles. The molecule has 0 bridgehead atoms. The molecule has 2 rings (SSSR count). The van der Waals surface area contributed by atoms with Crippen molar-refractivity contribution in [2.45, 2.75) is 37.7 Å². The van der Waals surface area contributed by atoms with E-state index >= 15 is 0 Å². The van der Waals surface area contributed by atoms with E-state index in [4.69, 9.17) is 5.73 Å². The van der Waals surface area contributed by atoms with Crippen LogP contribution in [0.15, 0.2) is 18.2 Å². The zero-order valence-corrected chi connectivity index (χ0v) is 11.5. The van der Waals surface area contributed by atoms with E-state index in [1.165, 1.54) is 6.07 Å². The van der Waals surface area contributed by atoms with E-state index < -0.39 is 41.5 Å². The van der Waals surface area contributed by atoms with Crippen molar-refractivity contribution >= 4 is 5.91 Å². The number of carbonyl (C=O) groups is 1. The fourth-order valence-electron chi connectivity index (χ4n) is 2.52. The zero-order valence-electron chi connectivity index (χ0n) is 11.5. The van der Waals surface area contributed by atoms with Crippen molar-refractivity contribution in [2.24, 2.45) is 11.7 Å². The van der Waals surface area contributed by atoms with Gasteiger partial charge < -0.3 is 16.2 Å². The molecule has 1 fully saturated rings. The van der Waals surface area contributed by atoms with Crippen molar-refractivity contribution in [3.63, 3.8) is 0 Å². The Labute approximate surface area is 124 Å². The maximum atomic E-state index is 13.8. The maximum absolute atomic E-state index is 13.8. The summed E-state index contributed by atoms with van der Waals surface area (Å²) in [7, 11) is 0. The second-order valence-electron chi connectivity index (χ2n) is 5.39. The Morgan fingerprint density at radius 3 is 2.59 bits per heavy atom. The van der Waals surface area contributed by atoms with Gasteiger partial charge in [0.1, 0.15) is 5.82 Å². The first kappa shape index (κ1) is 16.7. The number of aliphatic hydroxyl groups is 1. The summed E-state index contributed by atoms with van der Waals surface area (Å²) < 4.78 is 51.6. The number of nitrogens with two attached hydrogens (primary N) is 1. The third-order valence-corrected chi connectivity index (χ3v) is 3.78. The average molecular weight is 320 g/mol. The van der Waals surface area contributed by atoms with E-state index in [0.717, 1.165) is 6.07 Å². The monoisotopic (exact) mass is 320 g/mol. The highest BCUT2D eigenvalue weighted by molar-refractivity contribution is 5.79. The van der Waals surface area contributed by atoms with Crippen LogP contribution < -0.4 is 11.1 Å². The number of hydrogen-bond acceptors (Lipinski definition) is 3. The van der Waals surface area contributed by atoms with Crippen molar-refractivity contribution < 1.29 is 27.5 Å². The first-order chi connectivity index (χ1) is 10.2. The SMILES string of the molecule is N[C@@H]1C[C@H](C(=O)NCc2cccc(C(F)(F)F)c2F)C[C@H]1O. The first-order valence-electron chi connectivity index (χ1n) is 6.76. The van der Waals surface area contributed by atoms with Gasteiger partial charge in [-0.2, -0.15) is 13.2 Å². The van der Waals surface area contributed by atoms with Gasteiger partial charge in [-0.05, 0) is 18.9 Å². The molecule has 0 aromatic heterocycles. The van der Waals surface area contributed by atoms with Gasteiger partial charge in [0.15, 0.2) is 0 Å². The summed E-state index contributed by atoms with van der Waals surface area (Å²) in [5.74, 6) is -2.36. The molecule has 3 atom stereocenters. The van der Waals surface area contributed by atoms with E-state index in [2.05, 4.69) is 5.32 Å². The fourth-order valence-corrected chi connectivity index (χ4v) is 2.52. The molecule has 1 aromatic carbocycles. The van der Waals surface area contributed by atoms with Crippen LogP contribution in [-0.2, 0) is 17.5 Å². The normalized spacial score (nSPS) is 25.3. The summed E-state index contributed by atoms with van der Waals surface area (Å²) in [6.45, 7) is -0.351. The van der Waals surface area contributed by atoms with Crippen molar-refractivity contribution in [2.75, 3.05) is 0 Å². The molecule has 1 aliphatic rings. The smallest absolute Gasteiger partial charge is 0.391 e. The lowest BCUT2D eigenvalue weighted by atomic mass is 10.1. The lowest BCUT2D eigenvalue weighted by Crippen LogP contribution is -2.30. The molecular weight excluding hydrogens is 304 g/mol. The van der Waals surface area contributed by atoms with Crippen LogP contribution in [0.5, 0.6) is 0 Å². The minimum Gasteiger partial charge on any atom is -0.391 e. The van der Waals surface area contributed by atoms with Crippen LogP contribution in [0.25, 0.3) is 0 Å². The molecule has 0 unspecified atom stereocenters. The van der Waals surface area contributed by atoms with E-state index in [9.17, 15) is 27.5 Å². The fraction of sp³-hybridized carbons (Fsp3) is 0.500. The molecule has 8 heteroatoms. The summed E-state index contributed by atoms with van der Waals surface area (Å²) >= 11 is 0. The predicted molar refractivity (Wildman–Crippen MR) is 70.0 cm³/mol. The zero-order chi connectivity index (χ0) is 16.5. The highest BCUT2D eigenvalue weighted by Crippen LogP contribution is 2.32. The quantitative estimate of drug-likeness (QED) is 0.740. The van der Waals surface area contributed by atoms with Gasteiger partial charge in [0.05, 0.1) is 11.7 Å². The standard InChI is InChI=1S/C14H16F4N2O2/c15-12-7(2-1-3-9(12)14(16,17)18)6-20-13(22)8-4-10(19)11(21)5-8/h1-3,8,10-11,21H,4-6,19H2,(H,20,22)/t8-,10+,11+/m0/s1. The number of rotatable bonds is 3. The second-order valence-corrected chi connectivity index (χ2v) is 5.39. The Kier molecular flexibility index (Phi) is 4.72. The number of hydrogen-bond donors (Lipinski definition) is 3. The lowest BCUT2D eigenvalue weighted by Gasteiger charge is -2.13. The van der Waals surface area contributed by atoms with E-state index in [1.807, 2.05) is 0 Å². The average Bonchev–Trinajstić information content (AvgIpc) is 2.76. The summed E-state index contributed by atoms with van der Waals surface area (Å²) in [6, 6.07) is 2.41. The highest BCUT2D eigenvalue weighted by atomic mass is 19.4. The Balaban J connectivity index is 2.02. The van der Waals surface area contributed by atoms with Crippen molar-refractivity contribution in [3.8, 4) is 0 Å². The number of halogens is 4. The Morgan fingerprint density at radius 1 is 1.36 bits per heavy atom. The Morgan fingerprint density at radius 2 is 2.05 bits per heavy atom. The topological polar surface area (TPSA) is 75.4 Å². The van der Waals surface area contributed by atoms with Gasteiger partial charge in [-0.3, -0.25) is 4.79 Å². The first-order valence-corrected chi connectivity index (χ1v) is 6.76. The number of benzene rings is 1. The Hall–Kier alpha value is -1.67. The number of amides is 1. The van der Waals surface area contributed by atoms with Gasteiger partial charge in [0.2, 0.25) is 5.91 Å². The molecule has 1 aromatic rings. The summed E-state index contributed by atoms with van der Waals surface area (Å²) in [4.78, 5) is 11.9. The predicted octanol–water partition coefficient (Wildman–Crippen LogP) is 1.56. The Bertz CT molecular complexity index is 552. The molecule has 0 heterocycles. The molecule has 4 N–H and O–H groups in total. The third-order valence-electron chi connectivity index (χ3n) is 3.78. The van der Waals surface area contributed by atoms with Gasteiger partial charge in [0.25, 0.3) is 0 Å². The van der Waals surface area contributed by atoms with Crippen LogP contribution in [0.3, 0.4) is 0 Å². The molecule has 1 saturated carbocycles. The lowest BCUT2D eigenvalue weighted by molar-refractivity contribution is -0.140. The molecule has 1 aliphatic carbocycles. The van der Waals surface area contributed by atoms with Gasteiger partial charge in [-0.25, -0.2) is 4.39 Å². The van der Waals surface area contributed by atoms with Gasteiger partial charge in [0, 0.05) is 24.1 Å². The van der Waals surface area contributed by atoms with Crippen LogP contribution in [0.4, 0.5) is 17.6 Å². The third kappa shape index (κ3) is 3.56. The van der Waals surface area contributed by atoms with E-state index in [1.54, 1.807) is 0 Å². The molecule has 1 amide bonds. The van der Waals surface area contributed by atoms with Crippen LogP contribution in [-0.4, -0.2) is 23.2 Å². The second kappa shape index (κ2) is 6.21. The minimum absolute atomic E-state index is 0.193. The number of nitrogens with one attached hydrogen (secondary N) is 1. The van der Waals surface area contributed by atoms with E-state index in [-0.39, 0.29) is 24.9 Å². The molecular formula is C14H16F4N2O2. The maximum Gasteiger partial charge on any atom is 0.419 e. The van der Waals surface area contributed by atoms with Crippen LogP contribution in [0.1, 0.15) is 24.0 Å². The minimum atomic E-state index is -4.79. The summed E-state index contributed by atoms with van der Waals surface area (Å²) in [6.07, 6.45) is -5.08. The van der Waals surface area contributed by atoms with Crippen LogP contribution in [0.2, 0.25) is 0 Å². The summed E-state index contributed by atoms with van der Waals surface area (Å²) in [5, 5.41) is 11.9. The molecule has 0 radical (unpaired) electrons. The largest absolute Gasteiger partial charge is 0.419 e. The number of carbonyl (C=O) groups excluding carboxylic acids is 1. The van der Waals surface area contributed by atoms with Crippen molar-refractivity contribution in [1.82, 2.24) is 5.32 Å². The van der Waals surface area contributed by atoms with E-state index in [0.29, 0.717) is 6.07 Å². The van der Waals surface area contributed by atoms with Crippen molar-refractivity contribution in [1.29, 1.82) is 0 Å². The summed E-state index contributed by atoms with van der Waals surface area (Å²) in [5.41, 5.74) is 3.98. The molecule has 22 heavy (non-hydrogen) atoms. The molecule has 4 nitrogen and oxygen atoms in total. The number of alkyl halides is 3. The molecule has 0 saturated heterocycles. The molecule has 0 spiro atoms. The van der Waals surface area contributed by atoms with Crippen molar-refractivity contribution in [3.05, 3.63) is 35.1 Å². The van der Waals surface area contributed by atoms with Gasteiger partial charge in [-0.1, -0.05) is 12.1 Å². The number of aliphatic hydroxyl groups excluding tert-OH is 1. The van der Waals surface area contributed by atoms with Crippen LogP contribution in [0, 0.1) is 11.7 Å². The highest BCUT2D eigenvalue weighted by Gasteiger charge is 2.36. The van der Waals surface area contributed by atoms with Gasteiger partial charge >= 0.3 is 6.18 Å². The van der Waals surface area contributed by atoms with Gasteiger partial charge in [-0.15, -0.1) is 0 Å².